The lowest BCUT2D eigenvalue weighted by Gasteiger charge is -2.21. The molecule has 0 radical (unpaired) electrons. The maximum absolute atomic E-state index is 7.60. The van der Waals surface area contributed by atoms with Crippen LogP contribution in [0, 0.1) is 5.41 Å². The van der Waals surface area contributed by atoms with Crippen LogP contribution >= 0.6 is 0 Å². The van der Waals surface area contributed by atoms with Gasteiger partial charge in [-0.1, -0.05) is 26.8 Å². The van der Waals surface area contributed by atoms with Crippen LogP contribution in [0.2, 0.25) is 0 Å². The van der Waals surface area contributed by atoms with Crippen molar-refractivity contribution in [2.24, 2.45) is 11.5 Å². The molecule has 3 nitrogen and oxygen atoms in total. The van der Waals surface area contributed by atoms with Gasteiger partial charge in [0.2, 0.25) is 0 Å². The summed E-state index contributed by atoms with van der Waals surface area (Å²) in [6, 6.07) is 6.27. The van der Waals surface area contributed by atoms with E-state index < -0.39 is 0 Å². The van der Waals surface area contributed by atoms with Crippen LogP contribution in [0.5, 0.6) is 0 Å². The summed E-state index contributed by atoms with van der Waals surface area (Å²) in [4.78, 5) is 0. The van der Waals surface area contributed by atoms with Crippen LogP contribution in [0.4, 0.5) is 0 Å². The largest absolute Gasteiger partial charge is 0.384 e. The highest BCUT2D eigenvalue weighted by Gasteiger charge is 2.15. The number of aryl methyl sites for hydroxylation is 1. The van der Waals surface area contributed by atoms with Crippen LogP contribution in [0.25, 0.3) is 0 Å². The average Bonchev–Trinajstić information content (AvgIpc) is 2.28. The Morgan fingerprint density at radius 1 is 1.17 bits per heavy atom. The number of nitrogens with two attached hydrogens (primary N) is 2. The first kappa shape index (κ1) is 14.7. The molecule has 5 N–H and O–H groups in total. The summed E-state index contributed by atoms with van der Waals surface area (Å²) < 4.78 is 0. The van der Waals surface area contributed by atoms with E-state index in [1.165, 1.54) is 11.1 Å². The number of nitrogen functional groups attached to an aromatic ring is 1. The minimum atomic E-state index is 0.0775. The zero-order valence-electron chi connectivity index (χ0n) is 11.7. The van der Waals surface area contributed by atoms with Crippen molar-refractivity contribution in [1.82, 2.24) is 0 Å². The second kappa shape index (κ2) is 6.01. The van der Waals surface area contributed by atoms with E-state index in [9.17, 15) is 0 Å². The molecule has 0 unspecified atom stereocenters. The molecule has 0 fully saturated rings. The monoisotopic (exact) mass is 247 g/mol. The first-order valence-corrected chi connectivity index (χ1v) is 6.53. The number of nitrogens with one attached hydrogen (secondary N) is 1. The van der Waals surface area contributed by atoms with Crippen LogP contribution in [0.3, 0.4) is 0 Å². The van der Waals surface area contributed by atoms with E-state index in [1.54, 1.807) is 0 Å². The van der Waals surface area contributed by atoms with E-state index in [1.807, 2.05) is 12.1 Å². The molecule has 0 atom stereocenters. The van der Waals surface area contributed by atoms with Crippen LogP contribution in [-0.4, -0.2) is 12.4 Å². The summed E-state index contributed by atoms with van der Waals surface area (Å²) in [5.74, 6) is 0.140. The van der Waals surface area contributed by atoms with E-state index in [0.717, 1.165) is 31.4 Å². The first-order valence-electron chi connectivity index (χ1n) is 6.53. The smallest absolute Gasteiger partial charge is 0.122 e. The molecule has 18 heavy (non-hydrogen) atoms. The fourth-order valence-electron chi connectivity index (χ4n) is 1.90. The molecule has 3 heteroatoms. The number of unbranched alkanes of at least 4 members (excludes halogenated alkanes) is 1. The Morgan fingerprint density at radius 3 is 2.33 bits per heavy atom. The molecular weight excluding hydrogens is 222 g/mol. The van der Waals surface area contributed by atoms with Gasteiger partial charge in [-0.3, -0.25) is 5.41 Å². The lowest BCUT2D eigenvalue weighted by atomic mass is 9.84. The molecule has 1 rings (SSSR count). The van der Waals surface area contributed by atoms with Gasteiger partial charge in [-0.15, -0.1) is 0 Å². The molecule has 0 aliphatic heterocycles. The number of hydrogen-bond acceptors (Lipinski definition) is 2. The van der Waals surface area contributed by atoms with Crippen LogP contribution in [0.15, 0.2) is 18.2 Å². The predicted octanol–water partition coefficient (Wildman–Crippen LogP) is 2.55. The Bertz CT molecular complexity index is 416. The van der Waals surface area contributed by atoms with Gasteiger partial charge in [-0.05, 0) is 54.5 Å². The molecule has 0 saturated carbocycles. The maximum Gasteiger partial charge on any atom is 0.122 e. The van der Waals surface area contributed by atoms with Crippen LogP contribution < -0.4 is 11.5 Å². The molecule has 0 aliphatic carbocycles. The molecule has 0 aromatic heterocycles. The van der Waals surface area contributed by atoms with E-state index in [4.69, 9.17) is 16.9 Å². The molecule has 100 valence electrons. The molecule has 1 aromatic rings. The molecule has 1 aromatic carbocycles. The normalized spacial score (nSPS) is 11.6. The Labute approximate surface area is 110 Å². The van der Waals surface area contributed by atoms with Crippen molar-refractivity contribution in [3.05, 3.63) is 34.9 Å². The van der Waals surface area contributed by atoms with E-state index in [2.05, 4.69) is 26.8 Å². The Hall–Kier alpha value is -1.35. The topological polar surface area (TPSA) is 75.9 Å². The van der Waals surface area contributed by atoms with Crippen molar-refractivity contribution < 1.29 is 0 Å². The number of hydrogen-bond donors (Lipinski definition) is 3. The molecule has 0 bridgehead atoms. The molecule has 0 spiro atoms. The highest BCUT2D eigenvalue weighted by molar-refractivity contribution is 5.95. The van der Waals surface area contributed by atoms with Gasteiger partial charge in [0.25, 0.3) is 0 Å². The minimum absolute atomic E-state index is 0.0775. The van der Waals surface area contributed by atoms with Crippen molar-refractivity contribution >= 4 is 5.84 Å². The fraction of sp³-hybridized carbons (Fsp3) is 0.533. The van der Waals surface area contributed by atoms with Gasteiger partial charge in [-0.25, -0.2) is 0 Å². The van der Waals surface area contributed by atoms with Crippen molar-refractivity contribution in [2.45, 2.75) is 45.4 Å². The first-order chi connectivity index (χ1) is 8.34. The third-order valence-corrected chi connectivity index (χ3v) is 3.09. The quantitative estimate of drug-likeness (QED) is 0.425. The minimum Gasteiger partial charge on any atom is -0.384 e. The zero-order valence-corrected chi connectivity index (χ0v) is 11.7. The highest BCUT2D eigenvalue weighted by Crippen LogP contribution is 2.25. The maximum atomic E-state index is 7.60. The van der Waals surface area contributed by atoms with E-state index in [-0.39, 0.29) is 11.3 Å². The summed E-state index contributed by atoms with van der Waals surface area (Å²) in [5.41, 5.74) is 14.5. The standard InChI is InChI=1S/C15H25N3/c1-15(2,3)13-9-11(6-4-5-7-16)8-12(10-13)14(17)18/h8-10H,4-7,16H2,1-3H3,(H3,17,18). The summed E-state index contributed by atoms with van der Waals surface area (Å²) >= 11 is 0. The van der Waals surface area contributed by atoms with Gasteiger partial charge in [0.1, 0.15) is 5.84 Å². The zero-order chi connectivity index (χ0) is 13.8. The van der Waals surface area contributed by atoms with Crippen molar-refractivity contribution in [1.29, 1.82) is 5.41 Å². The number of rotatable bonds is 5. The summed E-state index contributed by atoms with van der Waals surface area (Å²) in [5, 5.41) is 7.60. The van der Waals surface area contributed by atoms with E-state index >= 15 is 0 Å². The lowest BCUT2D eigenvalue weighted by molar-refractivity contribution is 0.588. The van der Waals surface area contributed by atoms with Crippen LogP contribution in [0.1, 0.15) is 50.3 Å². The highest BCUT2D eigenvalue weighted by atomic mass is 14.7. The Kier molecular flexibility index (Phi) is 4.91. The second-order valence-corrected chi connectivity index (χ2v) is 5.83. The molecular formula is C15H25N3. The van der Waals surface area contributed by atoms with Gasteiger partial charge in [0.15, 0.2) is 0 Å². The number of benzene rings is 1. The molecule has 0 aliphatic rings. The summed E-state index contributed by atoms with van der Waals surface area (Å²) in [7, 11) is 0. The molecule has 0 saturated heterocycles. The third kappa shape index (κ3) is 4.15. The average molecular weight is 247 g/mol. The van der Waals surface area contributed by atoms with Crippen molar-refractivity contribution in [2.75, 3.05) is 6.54 Å². The van der Waals surface area contributed by atoms with Crippen LogP contribution in [-0.2, 0) is 11.8 Å². The Balaban J connectivity index is 3.03. The van der Waals surface area contributed by atoms with Gasteiger partial charge in [-0.2, -0.15) is 0 Å². The Morgan fingerprint density at radius 2 is 1.83 bits per heavy atom. The fourth-order valence-corrected chi connectivity index (χ4v) is 1.90. The lowest BCUT2D eigenvalue weighted by Crippen LogP contribution is -2.16. The van der Waals surface area contributed by atoms with Gasteiger partial charge < -0.3 is 11.5 Å². The molecule has 0 amide bonds. The van der Waals surface area contributed by atoms with Crippen molar-refractivity contribution in [3.63, 3.8) is 0 Å². The third-order valence-electron chi connectivity index (χ3n) is 3.09. The van der Waals surface area contributed by atoms with E-state index in [0.29, 0.717) is 0 Å². The van der Waals surface area contributed by atoms with Gasteiger partial charge in [0, 0.05) is 5.56 Å². The SMILES string of the molecule is CC(C)(C)c1cc(CCCCN)cc(C(=N)N)c1. The second-order valence-electron chi connectivity index (χ2n) is 5.83. The summed E-state index contributed by atoms with van der Waals surface area (Å²) in [6.07, 6.45) is 3.12. The predicted molar refractivity (Wildman–Crippen MR) is 78.2 cm³/mol. The van der Waals surface area contributed by atoms with Gasteiger partial charge >= 0.3 is 0 Å². The molecule has 0 heterocycles. The van der Waals surface area contributed by atoms with Crippen molar-refractivity contribution in [3.8, 4) is 0 Å². The summed E-state index contributed by atoms with van der Waals surface area (Å²) in [6.45, 7) is 7.26. The number of amidine groups is 1. The van der Waals surface area contributed by atoms with Gasteiger partial charge in [0.05, 0.1) is 0 Å².